The van der Waals surface area contributed by atoms with Crippen molar-refractivity contribution in [2.75, 3.05) is 7.05 Å². The average molecular weight is 319 g/mol. The highest BCUT2D eigenvalue weighted by Gasteiger charge is 2.10. The number of pyridine rings is 1. The molecule has 0 fully saturated rings. The molecule has 0 radical (unpaired) electrons. The van der Waals surface area contributed by atoms with Gasteiger partial charge in [-0.05, 0) is 37.6 Å². The largest absolute Gasteiger partial charge is 0.293 e. The minimum Gasteiger partial charge on any atom is -0.293 e. The highest BCUT2D eigenvalue weighted by molar-refractivity contribution is 7.16. The van der Waals surface area contributed by atoms with Crippen LogP contribution in [0.15, 0.2) is 29.6 Å². The minimum atomic E-state index is 0.526. The Bertz CT molecular complexity index is 771. The molecule has 0 aliphatic heterocycles. The van der Waals surface area contributed by atoms with E-state index in [4.69, 9.17) is 11.6 Å². The third-order valence-corrected chi connectivity index (χ3v) is 4.21. The summed E-state index contributed by atoms with van der Waals surface area (Å²) in [5.74, 6) is 0.741. The van der Waals surface area contributed by atoms with Gasteiger partial charge in [0.2, 0.25) is 0 Å². The maximum atomic E-state index is 6.19. The third-order valence-electron chi connectivity index (χ3n) is 3.11. The summed E-state index contributed by atoms with van der Waals surface area (Å²) in [6, 6.07) is 8.00. The molecule has 3 heterocycles. The number of thiophene rings is 1. The second-order valence-electron chi connectivity index (χ2n) is 5.01. The van der Waals surface area contributed by atoms with E-state index in [9.17, 15) is 0 Å². The van der Waals surface area contributed by atoms with Gasteiger partial charge in [-0.1, -0.05) is 17.7 Å². The number of aromatic nitrogens is 3. The summed E-state index contributed by atoms with van der Waals surface area (Å²) >= 11 is 7.77. The lowest BCUT2D eigenvalue weighted by Crippen LogP contribution is -2.19. The van der Waals surface area contributed by atoms with Gasteiger partial charge in [-0.25, -0.2) is 9.97 Å². The lowest BCUT2D eigenvalue weighted by atomic mass is 10.3. The predicted octanol–water partition coefficient (Wildman–Crippen LogP) is 3.68. The maximum absolute atomic E-state index is 6.19. The van der Waals surface area contributed by atoms with Crippen molar-refractivity contribution in [3.8, 4) is 0 Å². The lowest BCUT2D eigenvalue weighted by molar-refractivity contribution is 0.307. The molecule has 6 heteroatoms. The van der Waals surface area contributed by atoms with Crippen molar-refractivity contribution in [3.63, 3.8) is 0 Å². The van der Waals surface area contributed by atoms with Gasteiger partial charge in [0.05, 0.1) is 12.2 Å². The quantitative estimate of drug-likeness (QED) is 0.688. The number of hydrogen-bond acceptors (Lipinski definition) is 5. The normalized spacial score (nSPS) is 11.4. The van der Waals surface area contributed by atoms with E-state index in [-0.39, 0.29) is 0 Å². The fraction of sp³-hybridized carbons (Fsp3) is 0.267. The Balaban J connectivity index is 1.75. The van der Waals surface area contributed by atoms with E-state index in [2.05, 4.69) is 19.9 Å². The van der Waals surface area contributed by atoms with Gasteiger partial charge in [-0.15, -0.1) is 11.3 Å². The molecule has 0 atom stereocenters. The van der Waals surface area contributed by atoms with E-state index in [0.29, 0.717) is 11.7 Å². The van der Waals surface area contributed by atoms with E-state index in [1.807, 2.05) is 43.6 Å². The number of hydrogen-bond donors (Lipinski definition) is 0. The highest BCUT2D eigenvalue weighted by Crippen LogP contribution is 2.25. The van der Waals surface area contributed by atoms with Crippen LogP contribution in [0, 0.1) is 6.92 Å². The molecule has 0 N–H and O–H groups in total. The Hall–Kier alpha value is -1.56. The first kappa shape index (κ1) is 14.4. The lowest BCUT2D eigenvalue weighted by Gasteiger charge is -2.15. The van der Waals surface area contributed by atoms with E-state index in [0.717, 1.165) is 34.0 Å². The van der Waals surface area contributed by atoms with Crippen molar-refractivity contribution in [1.29, 1.82) is 0 Å². The second kappa shape index (κ2) is 6.05. The van der Waals surface area contributed by atoms with Gasteiger partial charge in [0.25, 0.3) is 0 Å². The van der Waals surface area contributed by atoms with Crippen molar-refractivity contribution < 1.29 is 0 Å². The first-order valence-electron chi connectivity index (χ1n) is 6.62. The van der Waals surface area contributed by atoms with Crippen LogP contribution in [0.3, 0.4) is 0 Å². The Labute approximate surface area is 132 Å². The fourth-order valence-corrected chi connectivity index (χ4v) is 3.28. The number of aryl methyl sites for hydroxylation is 1. The summed E-state index contributed by atoms with van der Waals surface area (Å²) in [5, 5.41) is 3.43. The zero-order chi connectivity index (χ0) is 14.8. The molecule has 0 saturated heterocycles. The first-order chi connectivity index (χ1) is 10.1. The SMILES string of the molecule is Cc1cccc(CN(C)Cc2nc(Cl)c3ccsc3n2)n1. The van der Waals surface area contributed by atoms with E-state index in [1.165, 1.54) is 0 Å². The van der Waals surface area contributed by atoms with Crippen LogP contribution in [0.25, 0.3) is 10.2 Å². The molecule has 108 valence electrons. The zero-order valence-corrected chi connectivity index (χ0v) is 13.4. The number of nitrogens with zero attached hydrogens (tertiary/aromatic N) is 4. The molecule has 0 bridgehead atoms. The Kier molecular flexibility index (Phi) is 4.14. The predicted molar refractivity (Wildman–Crippen MR) is 86.6 cm³/mol. The van der Waals surface area contributed by atoms with E-state index >= 15 is 0 Å². The monoisotopic (exact) mass is 318 g/mol. The Morgan fingerprint density at radius 3 is 2.81 bits per heavy atom. The molecule has 3 aromatic heterocycles. The molecular weight excluding hydrogens is 304 g/mol. The average Bonchev–Trinajstić information content (AvgIpc) is 2.87. The summed E-state index contributed by atoms with van der Waals surface area (Å²) in [6.07, 6.45) is 0. The molecule has 0 aliphatic rings. The molecule has 21 heavy (non-hydrogen) atoms. The van der Waals surface area contributed by atoms with Gasteiger partial charge in [-0.2, -0.15) is 0 Å². The molecule has 0 saturated carbocycles. The summed E-state index contributed by atoms with van der Waals surface area (Å²) in [6.45, 7) is 3.39. The van der Waals surface area contributed by atoms with Crippen LogP contribution in [0.1, 0.15) is 17.2 Å². The molecule has 0 unspecified atom stereocenters. The van der Waals surface area contributed by atoms with Crippen molar-refractivity contribution in [1.82, 2.24) is 19.9 Å². The highest BCUT2D eigenvalue weighted by atomic mass is 35.5. The number of halogens is 1. The number of rotatable bonds is 4. The molecule has 3 rings (SSSR count). The van der Waals surface area contributed by atoms with Gasteiger partial charge in [0.1, 0.15) is 15.8 Å². The van der Waals surface area contributed by atoms with Crippen molar-refractivity contribution in [2.24, 2.45) is 0 Å². The molecule has 3 aromatic rings. The molecule has 0 aliphatic carbocycles. The van der Waals surface area contributed by atoms with Crippen LogP contribution in [0.5, 0.6) is 0 Å². The van der Waals surface area contributed by atoms with Crippen LogP contribution in [-0.2, 0) is 13.1 Å². The Morgan fingerprint density at radius 2 is 2.00 bits per heavy atom. The third kappa shape index (κ3) is 3.37. The van der Waals surface area contributed by atoms with E-state index < -0.39 is 0 Å². The van der Waals surface area contributed by atoms with Crippen LogP contribution in [-0.4, -0.2) is 26.9 Å². The number of fused-ring (bicyclic) bond motifs is 1. The molecule has 0 aromatic carbocycles. The molecule has 0 spiro atoms. The van der Waals surface area contributed by atoms with Gasteiger partial charge >= 0.3 is 0 Å². The van der Waals surface area contributed by atoms with Crippen LogP contribution in [0.4, 0.5) is 0 Å². The van der Waals surface area contributed by atoms with Crippen LogP contribution >= 0.6 is 22.9 Å². The Morgan fingerprint density at radius 1 is 1.14 bits per heavy atom. The van der Waals surface area contributed by atoms with E-state index in [1.54, 1.807) is 11.3 Å². The van der Waals surface area contributed by atoms with Gasteiger partial charge in [0.15, 0.2) is 0 Å². The summed E-state index contributed by atoms with van der Waals surface area (Å²) in [5.41, 5.74) is 2.07. The van der Waals surface area contributed by atoms with Gasteiger partial charge < -0.3 is 0 Å². The standard InChI is InChI=1S/C15H15ClN4S/c1-10-4-3-5-11(17-10)8-20(2)9-13-18-14(16)12-6-7-21-15(12)19-13/h3-7H,8-9H2,1-2H3. The van der Waals surface area contributed by atoms with Crippen molar-refractivity contribution in [2.45, 2.75) is 20.0 Å². The van der Waals surface area contributed by atoms with Crippen molar-refractivity contribution in [3.05, 3.63) is 52.0 Å². The second-order valence-corrected chi connectivity index (χ2v) is 6.27. The minimum absolute atomic E-state index is 0.526. The molecule has 4 nitrogen and oxygen atoms in total. The zero-order valence-electron chi connectivity index (χ0n) is 11.9. The smallest absolute Gasteiger partial charge is 0.145 e. The van der Waals surface area contributed by atoms with Gasteiger partial charge in [-0.3, -0.25) is 9.88 Å². The summed E-state index contributed by atoms with van der Waals surface area (Å²) < 4.78 is 0. The molecular formula is C15H15ClN4S. The fourth-order valence-electron chi connectivity index (χ4n) is 2.19. The summed E-state index contributed by atoms with van der Waals surface area (Å²) in [4.78, 5) is 16.5. The summed E-state index contributed by atoms with van der Waals surface area (Å²) in [7, 11) is 2.03. The van der Waals surface area contributed by atoms with Crippen molar-refractivity contribution >= 4 is 33.2 Å². The van der Waals surface area contributed by atoms with Crippen LogP contribution in [0.2, 0.25) is 5.15 Å². The first-order valence-corrected chi connectivity index (χ1v) is 7.88. The maximum Gasteiger partial charge on any atom is 0.145 e. The van der Waals surface area contributed by atoms with Crippen LogP contribution < -0.4 is 0 Å². The topological polar surface area (TPSA) is 41.9 Å². The van der Waals surface area contributed by atoms with Gasteiger partial charge in [0, 0.05) is 17.6 Å². The molecule has 0 amide bonds.